The summed E-state index contributed by atoms with van der Waals surface area (Å²) in [4.78, 5) is 26.8. The average molecular weight is 358 g/mol. The fraction of sp³-hybridized carbons (Fsp3) is 0.600. The van der Waals surface area contributed by atoms with E-state index < -0.39 is 0 Å². The van der Waals surface area contributed by atoms with Crippen LogP contribution in [0, 0.1) is 5.92 Å². The maximum absolute atomic E-state index is 12.5. The molecule has 3 N–H and O–H groups in total. The lowest BCUT2D eigenvalue weighted by molar-refractivity contribution is -0.127. The van der Waals surface area contributed by atoms with Gasteiger partial charge in [-0.15, -0.1) is 0 Å². The number of nitrogens with one attached hydrogen (secondary N) is 3. The predicted molar refractivity (Wildman–Crippen MR) is 103 cm³/mol. The zero-order valence-corrected chi connectivity index (χ0v) is 15.5. The van der Waals surface area contributed by atoms with Crippen molar-refractivity contribution in [2.45, 2.75) is 44.7 Å². The van der Waals surface area contributed by atoms with Gasteiger partial charge in [0.25, 0.3) is 0 Å². The molecule has 26 heavy (non-hydrogen) atoms. The Morgan fingerprint density at radius 2 is 1.88 bits per heavy atom. The Balaban J connectivity index is 1.37. The summed E-state index contributed by atoms with van der Waals surface area (Å²) in [5.74, 6) is 0.363. The molecule has 2 aliphatic heterocycles. The van der Waals surface area contributed by atoms with Gasteiger partial charge in [-0.1, -0.05) is 18.2 Å². The minimum atomic E-state index is 0.0161. The van der Waals surface area contributed by atoms with Crippen LogP contribution in [0.1, 0.15) is 32.6 Å². The van der Waals surface area contributed by atoms with Gasteiger partial charge in [-0.25, -0.2) is 0 Å². The van der Waals surface area contributed by atoms with Crippen molar-refractivity contribution in [2.75, 3.05) is 31.5 Å². The van der Waals surface area contributed by atoms with Crippen molar-refractivity contribution in [2.24, 2.45) is 5.92 Å². The molecule has 3 rings (SSSR count). The Morgan fingerprint density at radius 1 is 1.15 bits per heavy atom. The highest BCUT2D eigenvalue weighted by Gasteiger charge is 2.28. The Labute approximate surface area is 155 Å². The number of hydrogen-bond acceptors (Lipinski definition) is 4. The number of hydrogen-bond donors (Lipinski definition) is 3. The summed E-state index contributed by atoms with van der Waals surface area (Å²) in [6.07, 6.45) is 3.66. The number of para-hydroxylation sites is 1. The molecule has 6 nitrogen and oxygen atoms in total. The lowest BCUT2D eigenvalue weighted by Crippen LogP contribution is -2.49. The number of piperidine rings is 2. The maximum atomic E-state index is 12.5. The van der Waals surface area contributed by atoms with Gasteiger partial charge in [0.2, 0.25) is 11.8 Å². The van der Waals surface area contributed by atoms with E-state index in [1.165, 1.54) is 0 Å². The summed E-state index contributed by atoms with van der Waals surface area (Å²) in [6, 6.07) is 10.2. The predicted octanol–water partition coefficient (Wildman–Crippen LogP) is 1.59. The van der Waals surface area contributed by atoms with Crippen LogP contribution in [0.2, 0.25) is 0 Å². The zero-order valence-electron chi connectivity index (χ0n) is 15.5. The van der Waals surface area contributed by atoms with Crippen molar-refractivity contribution in [3.63, 3.8) is 0 Å². The summed E-state index contributed by atoms with van der Waals surface area (Å²) in [5, 5.41) is 9.54. The Bertz CT molecular complexity index is 599. The van der Waals surface area contributed by atoms with Crippen LogP contribution in [0.4, 0.5) is 5.69 Å². The molecule has 2 heterocycles. The Hall–Kier alpha value is -1.92. The van der Waals surface area contributed by atoms with Crippen molar-refractivity contribution >= 4 is 17.5 Å². The largest absolute Gasteiger partial charge is 0.353 e. The van der Waals surface area contributed by atoms with Gasteiger partial charge in [0.15, 0.2) is 0 Å². The quantitative estimate of drug-likeness (QED) is 0.747. The van der Waals surface area contributed by atoms with Gasteiger partial charge in [0, 0.05) is 36.8 Å². The third-order valence-corrected chi connectivity index (χ3v) is 5.35. The molecule has 0 spiro atoms. The van der Waals surface area contributed by atoms with E-state index in [1.807, 2.05) is 30.3 Å². The second-order valence-electron chi connectivity index (χ2n) is 7.55. The van der Waals surface area contributed by atoms with Crippen LogP contribution in [-0.4, -0.2) is 55.0 Å². The summed E-state index contributed by atoms with van der Waals surface area (Å²) in [7, 11) is 0. The molecule has 2 fully saturated rings. The van der Waals surface area contributed by atoms with Crippen LogP contribution in [0.25, 0.3) is 0 Å². The van der Waals surface area contributed by atoms with E-state index in [0.717, 1.165) is 51.0 Å². The summed E-state index contributed by atoms with van der Waals surface area (Å²) in [5.41, 5.74) is 0.829. The lowest BCUT2D eigenvalue weighted by atomic mass is 9.92. The lowest BCUT2D eigenvalue weighted by Gasteiger charge is -2.34. The zero-order chi connectivity index (χ0) is 18.4. The fourth-order valence-corrected chi connectivity index (χ4v) is 3.85. The average Bonchev–Trinajstić information content (AvgIpc) is 2.64. The highest BCUT2D eigenvalue weighted by molar-refractivity contribution is 5.92. The van der Waals surface area contributed by atoms with E-state index in [9.17, 15) is 9.59 Å². The highest BCUT2D eigenvalue weighted by atomic mass is 16.2. The third-order valence-electron chi connectivity index (χ3n) is 5.35. The Kier molecular flexibility index (Phi) is 6.63. The molecule has 142 valence electrons. The molecule has 2 amide bonds. The van der Waals surface area contributed by atoms with Crippen LogP contribution < -0.4 is 16.0 Å². The second kappa shape index (κ2) is 9.14. The number of amides is 2. The number of benzene rings is 1. The normalized spacial score (nSPS) is 24.8. The monoisotopic (exact) mass is 358 g/mol. The molecule has 0 bridgehead atoms. The second-order valence-corrected chi connectivity index (χ2v) is 7.55. The van der Waals surface area contributed by atoms with Gasteiger partial charge < -0.3 is 16.0 Å². The molecule has 2 aliphatic rings. The van der Waals surface area contributed by atoms with Crippen molar-refractivity contribution in [1.29, 1.82) is 0 Å². The molecule has 0 aliphatic carbocycles. The summed E-state index contributed by atoms with van der Waals surface area (Å²) >= 11 is 0. The van der Waals surface area contributed by atoms with Gasteiger partial charge in [-0.3, -0.25) is 14.5 Å². The third kappa shape index (κ3) is 5.54. The van der Waals surface area contributed by atoms with E-state index >= 15 is 0 Å². The van der Waals surface area contributed by atoms with Gasteiger partial charge in [0.05, 0.1) is 6.54 Å². The van der Waals surface area contributed by atoms with Crippen molar-refractivity contribution in [3.8, 4) is 0 Å². The van der Waals surface area contributed by atoms with Crippen LogP contribution in [0.3, 0.4) is 0 Å². The number of nitrogens with zero attached hydrogens (tertiary/aromatic N) is 1. The van der Waals surface area contributed by atoms with Crippen LogP contribution in [0.15, 0.2) is 30.3 Å². The highest BCUT2D eigenvalue weighted by Crippen LogP contribution is 2.18. The SMILES string of the molecule is C[C@H]1C[C@@H](C(=O)NC2CCN(CC(=O)Nc3ccccc3)CC2)CCN1. The van der Waals surface area contributed by atoms with E-state index in [0.29, 0.717) is 12.6 Å². The van der Waals surface area contributed by atoms with E-state index in [1.54, 1.807) is 0 Å². The van der Waals surface area contributed by atoms with Crippen molar-refractivity contribution in [3.05, 3.63) is 30.3 Å². The smallest absolute Gasteiger partial charge is 0.238 e. The van der Waals surface area contributed by atoms with E-state index in [2.05, 4.69) is 27.8 Å². The first kappa shape index (κ1) is 18.9. The first-order valence-electron chi connectivity index (χ1n) is 9.71. The van der Waals surface area contributed by atoms with Gasteiger partial charge >= 0.3 is 0 Å². The van der Waals surface area contributed by atoms with Gasteiger partial charge in [-0.05, 0) is 51.3 Å². The number of rotatable bonds is 5. The molecule has 0 aromatic heterocycles. The molecule has 1 aromatic rings. The van der Waals surface area contributed by atoms with Gasteiger partial charge in [-0.2, -0.15) is 0 Å². The first-order valence-corrected chi connectivity index (χ1v) is 9.71. The van der Waals surface area contributed by atoms with Crippen LogP contribution in [-0.2, 0) is 9.59 Å². The number of carbonyl (C=O) groups is 2. The molecular weight excluding hydrogens is 328 g/mol. The van der Waals surface area contributed by atoms with Crippen molar-refractivity contribution < 1.29 is 9.59 Å². The first-order chi connectivity index (χ1) is 12.6. The molecule has 2 atom stereocenters. The van der Waals surface area contributed by atoms with E-state index in [-0.39, 0.29) is 23.8 Å². The Morgan fingerprint density at radius 3 is 2.58 bits per heavy atom. The molecule has 0 saturated carbocycles. The standard InChI is InChI=1S/C20H30N4O2/c1-15-13-16(7-10-21-15)20(26)23-18-8-11-24(12-9-18)14-19(25)22-17-5-3-2-4-6-17/h2-6,15-16,18,21H,7-14H2,1H3,(H,22,25)(H,23,26)/t15-,16-/m0/s1. The number of carbonyl (C=O) groups excluding carboxylic acids is 2. The topological polar surface area (TPSA) is 73.5 Å². The van der Waals surface area contributed by atoms with Crippen LogP contribution in [0.5, 0.6) is 0 Å². The molecule has 0 radical (unpaired) electrons. The molecule has 0 unspecified atom stereocenters. The van der Waals surface area contributed by atoms with Crippen molar-refractivity contribution in [1.82, 2.24) is 15.5 Å². The number of anilines is 1. The minimum Gasteiger partial charge on any atom is -0.353 e. The number of likely N-dealkylation sites (tertiary alicyclic amines) is 1. The summed E-state index contributed by atoms with van der Waals surface area (Å²) in [6.45, 7) is 5.15. The molecule has 2 saturated heterocycles. The van der Waals surface area contributed by atoms with Gasteiger partial charge in [0.1, 0.15) is 0 Å². The minimum absolute atomic E-state index is 0.0161. The van der Waals surface area contributed by atoms with Crippen LogP contribution >= 0.6 is 0 Å². The van der Waals surface area contributed by atoms with E-state index in [4.69, 9.17) is 0 Å². The molecule has 6 heteroatoms. The summed E-state index contributed by atoms with van der Waals surface area (Å²) < 4.78 is 0. The molecular formula is C20H30N4O2. The fourth-order valence-electron chi connectivity index (χ4n) is 3.85. The molecule has 1 aromatic carbocycles. The maximum Gasteiger partial charge on any atom is 0.238 e.